The molecule has 20 heavy (non-hydrogen) atoms. The third kappa shape index (κ3) is 3.04. The van der Waals surface area contributed by atoms with Crippen LogP contribution in [0.3, 0.4) is 0 Å². The Morgan fingerprint density at radius 3 is 2.70 bits per heavy atom. The monoisotopic (exact) mass is 308 g/mol. The molecule has 0 bridgehead atoms. The molecule has 11 heteroatoms. The van der Waals surface area contributed by atoms with Crippen molar-refractivity contribution in [2.24, 2.45) is 0 Å². The average Bonchev–Trinajstić information content (AvgIpc) is 2.84. The fourth-order valence-corrected chi connectivity index (χ4v) is 2.11. The first-order chi connectivity index (χ1) is 9.29. The number of nitrogens with one attached hydrogen (secondary N) is 1. The molecule has 0 aliphatic heterocycles. The summed E-state index contributed by atoms with van der Waals surface area (Å²) >= 11 is 0.754. The summed E-state index contributed by atoms with van der Waals surface area (Å²) in [4.78, 5) is 13.5. The van der Waals surface area contributed by atoms with Crippen LogP contribution >= 0.6 is 11.3 Å². The van der Waals surface area contributed by atoms with Crippen molar-refractivity contribution in [3.8, 4) is 0 Å². The summed E-state index contributed by atoms with van der Waals surface area (Å²) in [5, 5.41) is 12.4. The molecule has 0 saturated heterocycles. The summed E-state index contributed by atoms with van der Waals surface area (Å²) in [6.45, 7) is 0.988. The number of halogens is 3. The van der Waals surface area contributed by atoms with Crippen molar-refractivity contribution < 1.29 is 18.0 Å². The van der Waals surface area contributed by atoms with Crippen LogP contribution in [0.25, 0.3) is 4.96 Å². The maximum absolute atomic E-state index is 12.6. The van der Waals surface area contributed by atoms with Crippen molar-refractivity contribution in [2.45, 2.75) is 6.18 Å². The molecule has 0 saturated carbocycles. The molecule has 1 amide bonds. The number of amides is 1. The van der Waals surface area contributed by atoms with Crippen LogP contribution in [0.1, 0.15) is 15.6 Å². The van der Waals surface area contributed by atoms with Gasteiger partial charge in [-0.3, -0.25) is 4.79 Å². The van der Waals surface area contributed by atoms with E-state index in [2.05, 4.69) is 20.6 Å². The Bertz CT molecular complexity index is 619. The zero-order valence-electron chi connectivity index (χ0n) is 10.6. The van der Waals surface area contributed by atoms with E-state index >= 15 is 0 Å². The quantitative estimate of drug-likeness (QED) is 0.890. The lowest BCUT2D eigenvalue weighted by Gasteiger charge is -2.09. The highest BCUT2D eigenvalue weighted by Gasteiger charge is 2.38. The Balaban J connectivity index is 2.16. The van der Waals surface area contributed by atoms with Gasteiger partial charge in [-0.25, -0.2) is 0 Å². The van der Waals surface area contributed by atoms with E-state index in [1.54, 1.807) is 0 Å². The molecule has 0 radical (unpaired) electrons. The smallest absolute Gasteiger partial charge is 0.349 e. The third-order valence-corrected chi connectivity index (χ3v) is 3.18. The van der Waals surface area contributed by atoms with E-state index in [-0.39, 0.29) is 9.97 Å². The summed E-state index contributed by atoms with van der Waals surface area (Å²) in [6, 6.07) is 0. The molecule has 1 N–H and O–H groups in total. The number of nitrogens with zero attached hydrogens (tertiary/aromatic N) is 5. The van der Waals surface area contributed by atoms with Crippen LogP contribution < -0.4 is 5.32 Å². The van der Waals surface area contributed by atoms with Gasteiger partial charge in [-0.1, -0.05) is 11.3 Å². The minimum atomic E-state index is -4.66. The molecule has 2 rings (SSSR count). The summed E-state index contributed by atoms with van der Waals surface area (Å²) in [7, 11) is 3.68. The number of hydrogen-bond acceptors (Lipinski definition) is 6. The van der Waals surface area contributed by atoms with Gasteiger partial charge in [0.15, 0.2) is 0 Å². The van der Waals surface area contributed by atoms with E-state index in [0.717, 1.165) is 11.3 Å². The van der Waals surface area contributed by atoms with Gasteiger partial charge in [0.05, 0.1) is 0 Å². The van der Waals surface area contributed by atoms with Gasteiger partial charge in [0.25, 0.3) is 11.7 Å². The minimum absolute atomic E-state index is 0.0740. The van der Waals surface area contributed by atoms with Crippen molar-refractivity contribution >= 4 is 22.2 Å². The molecule has 0 aliphatic rings. The van der Waals surface area contributed by atoms with E-state index in [1.807, 2.05) is 19.0 Å². The summed E-state index contributed by atoms with van der Waals surface area (Å²) in [5.74, 6) is -1.77. The molecule has 0 spiro atoms. The van der Waals surface area contributed by atoms with Crippen molar-refractivity contribution in [1.82, 2.24) is 30.0 Å². The number of carbonyl (C=O) groups is 1. The molecule has 0 aromatic carbocycles. The summed E-state index contributed by atoms with van der Waals surface area (Å²) in [5.41, 5.74) is 0. The van der Waals surface area contributed by atoms with Crippen LogP contribution in [-0.2, 0) is 6.18 Å². The van der Waals surface area contributed by atoms with Crippen LogP contribution in [-0.4, -0.2) is 57.8 Å². The van der Waals surface area contributed by atoms with Gasteiger partial charge in [0, 0.05) is 13.1 Å². The Hall–Kier alpha value is -1.75. The SMILES string of the molecule is CN(C)CCNC(=O)c1nn2c(C(F)(F)F)nnc2s1. The predicted molar refractivity (Wildman–Crippen MR) is 64.5 cm³/mol. The Morgan fingerprint density at radius 2 is 2.10 bits per heavy atom. The predicted octanol–water partition coefficient (Wildman–Crippen LogP) is 0.496. The second-order valence-electron chi connectivity index (χ2n) is 4.18. The molecule has 2 aromatic heterocycles. The zero-order valence-corrected chi connectivity index (χ0v) is 11.4. The van der Waals surface area contributed by atoms with Crippen LogP contribution in [0.5, 0.6) is 0 Å². The maximum Gasteiger partial charge on any atom is 0.453 e. The van der Waals surface area contributed by atoms with E-state index in [9.17, 15) is 18.0 Å². The van der Waals surface area contributed by atoms with Gasteiger partial charge < -0.3 is 10.2 Å². The number of alkyl halides is 3. The van der Waals surface area contributed by atoms with E-state index in [1.165, 1.54) is 0 Å². The van der Waals surface area contributed by atoms with E-state index in [4.69, 9.17) is 0 Å². The number of hydrogen-bond donors (Lipinski definition) is 1. The van der Waals surface area contributed by atoms with E-state index in [0.29, 0.717) is 17.6 Å². The van der Waals surface area contributed by atoms with Gasteiger partial charge in [0.2, 0.25) is 9.97 Å². The van der Waals surface area contributed by atoms with Crippen molar-refractivity contribution in [2.75, 3.05) is 27.2 Å². The average molecular weight is 308 g/mol. The lowest BCUT2D eigenvalue weighted by atomic mass is 10.5. The van der Waals surface area contributed by atoms with Crippen molar-refractivity contribution in [3.63, 3.8) is 0 Å². The van der Waals surface area contributed by atoms with Crippen LogP contribution in [0.15, 0.2) is 0 Å². The highest BCUT2D eigenvalue weighted by atomic mass is 32.1. The lowest BCUT2D eigenvalue weighted by Crippen LogP contribution is -2.31. The van der Waals surface area contributed by atoms with Crippen molar-refractivity contribution in [1.29, 1.82) is 0 Å². The standard InChI is InChI=1S/C9H11F3N6OS/c1-17(2)4-3-13-5(19)6-16-18-7(9(10,11)12)14-15-8(18)20-6/h3-4H2,1-2H3,(H,13,19). The van der Waals surface area contributed by atoms with Crippen LogP contribution in [0.2, 0.25) is 0 Å². The second kappa shape index (κ2) is 5.32. The lowest BCUT2D eigenvalue weighted by molar-refractivity contribution is -0.146. The molecular weight excluding hydrogens is 297 g/mol. The highest BCUT2D eigenvalue weighted by Crippen LogP contribution is 2.28. The molecule has 2 heterocycles. The van der Waals surface area contributed by atoms with Gasteiger partial charge in [-0.05, 0) is 14.1 Å². The Morgan fingerprint density at radius 1 is 1.40 bits per heavy atom. The largest absolute Gasteiger partial charge is 0.453 e. The molecule has 7 nitrogen and oxygen atoms in total. The van der Waals surface area contributed by atoms with E-state index < -0.39 is 17.9 Å². The molecule has 0 atom stereocenters. The summed E-state index contributed by atoms with van der Waals surface area (Å²) < 4.78 is 38.3. The molecule has 0 fully saturated rings. The molecule has 0 aliphatic carbocycles. The van der Waals surface area contributed by atoms with Gasteiger partial charge in [-0.15, -0.1) is 15.3 Å². The summed E-state index contributed by atoms with van der Waals surface area (Å²) in [6.07, 6.45) is -4.66. The fraction of sp³-hybridized carbons (Fsp3) is 0.556. The van der Waals surface area contributed by atoms with Crippen LogP contribution in [0, 0.1) is 0 Å². The number of carbonyl (C=O) groups excluding carboxylic acids is 1. The second-order valence-corrected chi connectivity index (χ2v) is 5.14. The minimum Gasteiger partial charge on any atom is -0.349 e. The number of likely N-dealkylation sites (N-methyl/N-ethyl adjacent to an activating group) is 1. The first kappa shape index (κ1) is 14.7. The van der Waals surface area contributed by atoms with Crippen molar-refractivity contribution in [3.05, 3.63) is 10.8 Å². The molecule has 110 valence electrons. The Labute approximate surface area is 115 Å². The first-order valence-corrected chi connectivity index (χ1v) is 6.33. The number of fused-ring (bicyclic) bond motifs is 1. The highest BCUT2D eigenvalue weighted by molar-refractivity contribution is 7.18. The fourth-order valence-electron chi connectivity index (χ4n) is 1.35. The molecule has 2 aromatic rings. The normalized spacial score (nSPS) is 12.3. The zero-order chi connectivity index (χ0) is 14.9. The number of aromatic nitrogens is 4. The molecular formula is C9H11F3N6OS. The van der Waals surface area contributed by atoms with Gasteiger partial charge in [-0.2, -0.15) is 17.7 Å². The maximum atomic E-state index is 12.6. The third-order valence-electron chi connectivity index (χ3n) is 2.28. The topological polar surface area (TPSA) is 75.4 Å². The van der Waals surface area contributed by atoms with Gasteiger partial charge in [0.1, 0.15) is 0 Å². The van der Waals surface area contributed by atoms with Gasteiger partial charge >= 0.3 is 6.18 Å². The number of rotatable bonds is 4. The molecule has 0 unspecified atom stereocenters. The first-order valence-electron chi connectivity index (χ1n) is 5.51. The Kier molecular flexibility index (Phi) is 3.90. The van der Waals surface area contributed by atoms with Crippen LogP contribution in [0.4, 0.5) is 13.2 Å².